The van der Waals surface area contributed by atoms with E-state index in [1.54, 1.807) is 6.07 Å². The van der Waals surface area contributed by atoms with E-state index in [0.717, 1.165) is 21.7 Å². The highest BCUT2D eigenvalue weighted by Gasteiger charge is 2.19. The van der Waals surface area contributed by atoms with E-state index < -0.39 is 15.8 Å². The van der Waals surface area contributed by atoms with Gasteiger partial charge in [0.2, 0.25) is 15.9 Å². The number of carbonyl (C=O) groups excluding carboxylic acids is 1. The van der Waals surface area contributed by atoms with Gasteiger partial charge in [-0.2, -0.15) is 0 Å². The van der Waals surface area contributed by atoms with Crippen molar-refractivity contribution in [2.75, 3.05) is 22.4 Å². The van der Waals surface area contributed by atoms with E-state index in [1.165, 1.54) is 24.3 Å². The number of benzene rings is 2. The molecule has 0 spiro atoms. The first-order valence-electron chi connectivity index (χ1n) is 7.88. The molecule has 2 aromatic rings. The largest absolute Gasteiger partial charge is 0.324 e. The van der Waals surface area contributed by atoms with Gasteiger partial charge >= 0.3 is 0 Å². The highest BCUT2D eigenvalue weighted by molar-refractivity contribution is 7.92. The van der Waals surface area contributed by atoms with Crippen LogP contribution in [0.1, 0.15) is 17.5 Å². The summed E-state index contributed by atoms with van der Waals surface area (Å²) in [6.07, 6.45) is 0.962. The lowest BCUT2D eigenvalue weighted by Gasteiger charge is -2.22. The van der Waals surface area contributed by atoms with Gasteiger partial charge in [-0.1, -0.05) is 17.7 Å². The molecule has 0 fully saturated rings. The minimum Gasteiger partial charge on any atom is -0.324 e. The second kappa shape index (κ2) is 8.05. The summed E-state index contributed by atoms with van der Waals surface area (Å²) in [6.45, 7) is 3.66. The molecule has 5 nitrogen and oxygen atoms in total. The Balaban J connectivity index is 2.12. The van der Waals surface area contributed by atoms with Gasteiger partial charge in [0.1, 0.15) is 5.82 Å². The fourth-order valence-corrected chi connectivity index (χ4v) is 3.87. The van der Waals surface area contributed by atoms with E-state index in [0.29, 0.717) is 16.4 Å². The zero-order valence-corrected chi connectivity index (χ0v) is 16.3. The van der Waals surface area contributed by atoms with Gasteiger partial charge in [-0.3, -0.25) is 9.10 Å². The molecule has 0 atom stereocenters. The van der Waals surface area contributed by atoms with Crippen LogP contribution in [0.25, 0.3) is 0 Å². The molecule has 0 unspecified atom stereocenters. The highest BCUT2D eigenvalue weighted by Crippen LogP contribution is 2.27. The summed E-state index contributed by atoms with van der Waals surface area (Å²) in [5, 5.41) is 3.15. The Hall–Kier alpha value is -2.12. The number of amides is 1. The predicted molar refractivity (Wildman–Crippen MR) is 103 cm³/mol. The first-order valence-corrected chi connectivity index (χ1v) is 10.1. The lowest BCUT2D eigenvalue weighted by molar-refractivity contribution is -0.116. The van der Waals surface area contributed by atoms with Crippen molar-refractivity contribution in [3.05, 3.63) is 58.4 Å². The summed E-state index contributed by atoms with van der Waals surface area (Å²) in [5.74, 6) is -0.834. The lowest BCUT2D eigenvalue weighted by atomic mass is 10.1. The van der Waals surface area contributed by atoms with E-state index in [1.807, 2.05) is 19.9 Å². The van der Waals surface area contributed by atoms with Gasteiger partial charge in [0.05, 0.1) is 22.7 Å². The predicted octanol–water partition coefficient (Wildman–Crippen LogP) is 3.89. The molecule has 0 aliphatic heterocycles. The third kappa shape index (κ3) is 5.19. The van der Waals surface area contributed by atoms with Gasteiger partial charge in [0, 0.05) is 13.0 Å². The second-order valence-corrected chi connectivity index (χ2v) is 8.36. The molecule has 2 aromatic carbocycles. The molecule has 1 N–H and O–H groups in total. The summed E-state index contributed by atoms with van der Waals surface area (Å²) in [6, 6.07) is 8.69. The Kier molecular flexibility index (Phi) is 6.26. The van der Waals surface area contributed by atoms with Crippen LogP contribution in [0, 0.1) is 19.7 Å². The van der Waals surface area contributed by atoms with Gasteiger partial charge in [-0.05, 0) is 55.3 Å². The molecule has 1 amide bonds. The van der Waals surface area contributed by atoms with Crippen molar-refractivity contribution >= 4 is 38.9 Å². The minimum absolute atomic E-state index is 0.0706. The Morgan fingerprint density at radius 1 is 1.19 bits per heavy atom. The van der Waals surface area contributed by atoms with Crippen molar-refractivity contribution in [3.8, 4) is 0 Å². The minimum atomic E-state index is -3.62. The van der Waals surface area contributed by atoms with E-state index in [4.69, 9.17) is 11.6 Å². The molecular formula is C18H20ClFN2O3S. The van der Waals surface area contributed by atoms with Gasteiger partial charge in [-0.25, -0.2) is 12.8 Å². The average Bonchev–Trinajstić information content (AvgIpc) is 2.51. The number of nitrogens with zero attached hydrogens (tertiary/aromatic N) is 1. The van der Waals surface area contributed by atoms with Crippen molar-refractivity contribution in [1.82, 2.24) is 0 Å². The summed E-state index contributed by atoms with van der Waals surface area (Å²) in [7, 11) is -3.62. The summed E-state index contributed by atoms with van der Waals surface area (Å²) in [4.78, 5) is 12.3. The summed E-state index contributed by atoms with van der Waals surface area (Å²) < 4.78 is 38.2. The molecule has 0 radical (unpaired) electrons. The van der Waals surface area contributed by atoms with Crippen LogP contribution in [0.3, 0.4) is 0 Å². The molecule has 140 valence electrons. The molecule has 0 saturated heterocycles. The van der Waals surface area contributed by atoms with E-state index in [-0.39, 0.29) is 18.9 Å². The molecular weight excluding hydrogens is 379 g/mol. The van der Waals surface area contributed by atoms with Crippen LogP contribution in [-0.4, -0.2) is 27.1 Å². The number of halogens is 2. The normalized spacial score (nSPS) is 11.3. The number of rotatable bonds is 6. The zero-order chi connectivity index (χ0) is 19.5. The third-order valence-corrected chi connectivity index (χ3v) is 5.25. The maximum Gasteiger partial charge on any atom is 0.232 e. The zero-order valence-electron chi connectivity index (χ0n) is 14.7. The van der Waals surface area contributed by atoms with Crippen molar-refractivity contribution in [3.63, 3.8) is 0 Å². The lowest BCUT2D eigenvalue weighted by Crippen LogP contribution is -2.33. The van der Waals surface area contributed by atoms with Gasteiger partial charge in [0.25, 0.3) is 0 Å². The van der Waals surface area contributed by atoms with Crippen molar-refractivity contribution < 1.29 is 17.6 Å². The fourth-order valence-electron chi connectivity index (χ4n) is 2.57. The quantitative estimate of drug-likeness (QED) is 0.802. The monoisotopic (exact) mass is 398 g/mol. The van der Waals surface area contributed by atoms with Crippen molar-refractivity contribution in [1.29, 1.82) is 0 Å². The average molecular weight is 399 g/mol. The summed E-state index contributed by atoms with van der Waals surface area (Å²) >= 11 is 6.17. The number of aryl methyl sites for hydroxylation is 2. The standard InChI is InChI=1S/C18H20ClFN2O3S/c1-12-10-13(2)18(16(19)11-12)21-17(23)8-9-22(26(3,24)25)15-6-4-14(20)5-7-15/h4-7,10-11H,8-9H2,1-3H3,(H,21,23). The third-order valence-electron chi connectivity index (χ3n) is 3.75. The molecule has 0 aliphatic carbocycles. The molecule has 26 heavy (non-hydrogen) atoms. The fraction of sp³-hybridized carbons (Fsp3) is 0.278. The number of anilines is 2. The maximum atomic E-state index is 13.1. The molecule has 8 heteroatoms. The van der Waals surface area contributed by atoms with Crippen molar-refractivity contribution in [2.45, 2.75) is 20.3 Å². The molecule has 2 rings (SSSR count). The van der Waals surface area contributed by atoms with Crippen LogP contribution in [0.15, 0.2) is 36.4 Å². The van der Waals surface area contributed by atoms with Crippen LogP contribution in [0.4, 0.5) is 15.8 Å². The highest BCUT2D eigenvalue weighted by atomic mass is 35.5. The number of carbonyl (C=O) groups is 1. The molecule has 0 aromatic heterocycles. The Labute approximate surface area is 157 Å². The smallest absolute Gasteiger partial charge is 0.232 e. The molecule has 0 heterocycles. The number of nitrogens with one attached hydrogen (secondary N) is 1. The van der Waals surface area contributed by atoms with E-state index in [9.17, 15) is 17.6 Å². The maximum absolute atomic E-state index is 13.1. The Bertz CT molecular complexity index is 892. The van der Waals surface area contributed by atoms with E-state index >= 15 is 0 Å². The van der Waals surface area contributed by atoms with Crippen LogP contribution in [0.2, 0.25) is 5.02 Å². The second-order valence-electron chi connectivity index (χ2n) is 6.05. The van der Waals surface area contributed by atoms with Crippen molar-refractivity contribution in [2.24, 2.45) is 0 Å². The van der Waals surface area contributed by atoms with Crippen LogP contribution in [-0.2, 0) is 14.8 Å². The SMILES string of the molecule is Cc1cc(C)c(NC(=O)CCN(c2ccc(F)cc2)S(C)(=O)=O)c(Cl)c1. The van der Waals surface area contributed by atoms with Crippen LogP contribution >= 0.6 is 11.6 Å². The summed E-state index contributed by atoms with van der Waals surface area (Å²) in [5.41, 5.74) is 2.60. The van der Waals surface area contributed by atoms with E-state index in [2.05, 4.69) is 5.32 Å². The van der Waals surface area contributed by atoms with Crippen LogP contribution in [0.5, 0.6) is 0 Å². The topological polar surface area (TPSA) is 66.5 Å². The van der Waals surface area contributed by atoms with Gasteiger partial charge in [0.15, 0.2) is 0 Å². The Morgan fingerprint density at radius 3 is 2.35 bits per heavy atom. The number of hydrogen-bond acceptors (Lipinski definition) is 3. The first-order chi connectivity index (χ1) is 12.1. The molecule has 0 aliphatic rings. The van der Waals surface area contributed by atoms with Gasteiger partial charge in [-0.15, -0.1) is 0 Å². The molecule has 0 bridgehead atoms. The number of hydrogen-bond donors (Lipinski definition) is 1. The first kappa shape index (κ1) is 20.2. The van der Waals surface area contributed by atoms with Gasteiger partial charge < -0.3 is 5.32 Å². The Morgan fingerprint density at radius 2 is 1.81 bits per heavy atom. The number of sulfonamides is 1. The molecule has 0 saturated carbocycles. The van der Waals surface area contributed by atoms with Crippen LogP contribution < -0.4 is 9.62 Å².